The molecule has 0 aromatic heterocycles. The van der Waals surface area contributed by atoms with E-state index in [2.05, 4.69) is 6.58 Å². The predicted molar refractivity (Wildman–Crippen MR) is 49.8 cm³/mol. The maximum Gasteiger partial charge on any atom is 0.334 e. The van der Waals surface area contributed by atoms with Crippen molar-refractivity contribution in [3.05, 3.63) is 12.7 Å². The van der Waals surface area contributed by atoms with Crippen molar-refractivity contribution in [3.8, 4) is 0 Å². The van der Waals surface area contributed by atoms with Crippen LogP contribution in [-0.4, -0.2) is 49.0 Å². The van der Waals surface area contributed by atoms with Crippen molar-refractivity contribution in [1.82, 2.24) is 0 Å². The smallest absolute Gasteiger partial charge is 0.334 e. The van der Waals surface area contributed by atoms with Crippen molar-refractivity contribution in [2.24, 2.45) is 0 Å². The highest BCUT2D eigenvalue weighted by Crippen LogP contribution is 2.00. The number of quaternary nitrogens is 1. The topological polar surface area (TPSA) is 46.5 Å². The first-order valence-corrected chi connectivity index (χ1v) is 4.16. The molecule has 14 heavy (non-hydrogen) atoms. The van der Waals surface area contributed by atoms with E-state index in [1.807, 2.05) is 14.1 Å². The highest BCUT2D eigenvalue weighted by atomic mass is 35.5. The first-order chi connectivity index (χ1) is 5.87. The summed E-state index contributed by atoms with van der Waals surface area (Å²) < 4.78 is 5.30. The van der Waals surface area contributed by atoms with Crippen LogP contribution < -0.4 is 12.4 Å². The van der Waals surface area contributed by atoms with Gasteiger partial charge in [0.05, 0.1) is 14.1 Å². The van der Waals surface area contributed by atoms with Crippen LogP contribution in [0.1, 0.15) is 6.92 Å². The van der Waals surface area contributed by atoms with Crippen LogP contribution >= 0.6 is 0 Å². The van der Waals surface area contributed by atoms with Crippen molar-refractivity contribution in [1.29, 1.82) is 0 Å². The number of nitrogens with zero attached hydrogens (tertiary/aromatic N) is 1. The molecule has 0 aliphatic carbocycles. The van der Waals surface area contributed by atoms with Gasteiger partial charge in [0.15, 0.2) is 0 Å². The minimum atomic E-state index is -0.434. The van der Waals surface area contributed by atoms with Crippen LogP contribution in [0.2, 0.25) is 0 Å². The molecule has 0 bridgehead atoms. The average Bonchev–Trinajstić information content (AvgIpc) is 1.98. The molecule has 0 aliphatic heterocycles. The van der Waals surface area contributed by atoms with Gasteiger partial charge in [-0.15, -0.1) is 0 Å². The first-order valence-electron chi connectivity index (χ1n) is 4.16. The van der Waals surface area contributed by atoms with Gasteiger partial charge in [-0.25, -0.2) is 4.79 Å². The maximum absolute atomic E-state index is 10.7. The van der Waals surface area contributed by atoms with Gasteiger partial charge < -0.3 is 22.3 Å². The van der Waals surface area contributed by atoms with E-state index < -0.39 is 12.1 Å². The number of esters is 1. The number of carbonyl (C=O) groups excluding carboxylic acids is 1. The zero-order valence-electron chi connectivity index (χ0n) is 8.86. The second-order valence-corrected chi connectivity index (χ2v) is 3.76. The summed E-state index contributed by atoms with van der Waals surface area (Å²) in [6, 6.07) is 0. The normalized spacial score (nSPS) is 12.6. The molecule has 0 fully saturated rings. The molecule has 0 amide bonds. The van der Waals surface area contributed by atoms with Crippen molar-refractivity contribution < 1.29 is 31.5 Å². The number of halogens is 1. The average molecular weight is 224 g/mol. The largest absolute Gasteiger partial charge is 1.00 e. The minimum Gasteiger partial charge on any atom is -1.00 e. The number of aliphatic hydroxyl groups excluding tert-OH is 1. The Morgan fingerprint density at radius 1 is 1.64 bits per heavy atom. The van der Waals surface area contributed by atoms with E-state index in [9.17, 15) is 4.79 Å². The second-order valence-electron chi connectivity index (χ2n) is 3.76. The Labute approximate surface area is 91.2 Å². The first kappa shape index (κ1) is 15.9. The van der Waals surface area contributed by atoms with Gasteiger partial charge in [0, 0.05) is 6.08 Å². The molecule has 0 saturated heterocycles. The third-order valence-corrected chi connectivity index (χ3v) is 1.48. The van der Waals surface area contributed by atoms with Crippen molar-refractivity contribution in [3.63, 3.8) is 0 Å². The lowest BCUT2D eigenvalue weighted by Crippen LogP contribution is -3.00. The number of hydrogen-bond acceptors (Lipinski definition) is 3. The van der Waals surface area contributed by atoms with Crippen molar-refractivity contribution in [2.75, 3.05) is 27.4 Å². The summed E-state index contributed by atoms with van der Waals surface area (Å²) in [6.07, 6.45) is 0.722. The van der Waals surface area contributed by atoms with Crippen LogP contribution in [0, 0.1) is 0 Å². The van der Waals surface area contributed by atoms with E-state index in [0.29, 0.717) is 11.0 Å². The molecule has 0 heterocycles. The Morgan fingerprint density at radius 2 is 2.14 bits per heavy atom. The number of carbonyl (C=O) groups is 1. The fourth-order valence-electron chi connectivity index (χ4n) is 1.07. The molecular weight excluding hydrogens is 206 g/mol. The Morgan fingerprint density at radius 3 is 2.50 bits per heavy atom. The van der Waals surface area contributed by atoms with Gasteiger partial charge in [0.1, 0.15) is 12.6 Å². The second kappa shape index (κ2) is 6.81. The molecule has 0 aliphatic rings. The van der Waals surface area contributed by atoms with Crippen molar-refractivity contribution in [2.45, 2.75) is 13.0 Å². The molecule has 0 rings (SSSR count). The zero-order chi connectivity index (χ0) is 10.5. The van der Waals surface area contributed by atoms with Gasteiger partial charge in [0.25, 0.3) is 0 Å². The summed E-state index contributed by atoms with van der Waals surface area (Å²) in [5, 5.41) is 9.13. The van der Waals surface area contributed by atoms with E-state index >= 15 is 0 Å². The molecule has 5 heteroatoms. The molecule has 84 valence electrons. The van der Waals surface area contributed by atoms with Gasteiger partial charge in [-0.2, -0.15) is 0 Å². The van der Waals surface area contributed by atoms with Gasteiger partial charge >= 0.3 is 5.97 Å². The minimum absolute atomic E-state index is 0. The Balaban J connectivity index is 0. The number of aliphatic hydroxyl groups is 1. The molecule has 0 aromatic rings. The summed E-state index contributed by atoms with van der Waals surface area (Å²) in [4.78, 5) is 10.7. The molecule has 0 spiro atoms. The lowest BCUT2D eigenvalue weighted by Gasteiger charge is -2.29. The molecule has 1 unspecified atom stereocenters. The lowest BCUT2D eigenvalue weighted by atomic mass is 10.3. The monoisotopic (exact) mass is 223 g/mol. The van der Waals surface area contributed by atoms with Crippen LogP contribution in [-0.2, 0) is 9.53 Å². The predicted octanol–water partition coefficient (Wildman–Crippen LogP) is -2.87. The van der Waals surface area contributed by atoms with Crippen LogP contribution in [0.3, 0.4) is 0 Å². The van der Waals surface area contributed by atoms with Crippen LogP contribution in [0.25, 0.3) is 0 Å². The highest BCUT2D eigenvalue weighted by molar-refractivity contribution is 5.81. The summed E-state index contributed by atoms with van der Waals surface area (Å²) in [7, 11) is 3.76. The standard InChI is InChI=1S/C9H18NO3.ClH/c1-5-9(12)13-7-10(3,4)6-8(2)11;/h5,8,11H,1,6-7H2,2-4H3;1H/q+1;/p-1. The lowest BCUT2D eigenvalue weighted by molar-refractivity contribution is -0.909. The van der Waals surface area contributed by atoms with Gasteiger partial charge in [-0.05, 0) is 6.92 Å². The van der Waals surface area contributed by atoms with E-state index in [1.165, 1.54) is 0 Å². The molecule has 0 aromatic carbocycles. The van der Waals surface area contributed by atoms with E-state index in [1.54, 1.807) is 6.92 Å². The Hall–Kier alpha value is -0.580. The number of rotatable bonds is 5. The van der Waals surface area contributed by atoms with Gasteiger partial charge in [0.2, 0.25) is 6.73 Å². The fourth-order valence-corrected chi connectivity index (χ4v) is 1.07. The molecule has 1 N–H and O–H groups in total. The summed E-state index contributed by atoms with van der Waals surface area (Å²) in [6.45, 7) is 5.79. The highest BCUT2D eigenvalue weighted by Gasteiger charge is 2.19. The Kier molecular flexibility index (Phi) is 7.72. The SMILES string of the molecule is C=CC(=O)OC[N+](C)(C)CC(C)O.[Cl-]. The van der Waals surface area contributed by atoms with E-state index in [0.717, 1.165) is 6.08 Å². The quantitative estimate of drug-likeness (QED) is 0.236. The van der Waals surface area contributed by atoms with Gasteiger partial charge in [-0.1, -0.05) is 6.58 Å². The number of hydrogen-bond donors (Lipinski definition) is 1. The molecular formula is C9H18ClNO3. The van der Waals surface area contributed by atoms with E-state index in [4.69, 9.17) is 9.84 Å². The van der Waals surface area contributed by atoms with Crippen LogP contribution in [0.5, 0.6) is 0 Å². The van der Waals surface area contributed by atoms with Crippen LogP contribution in [0.15, 0.2) is 12.7 Å². The van der Waals surface area contributed by atoms with Gasteiger partial charge in [-0.3, -0.25) is 4.48 Å². The summed E-state index contributed by atoms with van der Waals surface area (Å²) >= 11 is 0. The molecule has 4 nitrogen and oxygen atoms in total. The fraction of sp³-hybridized carbons (Fsp3) is 0.667. The van der Waals surface area contributed by atoms with Crippen LogP contribution in [0.4, 0.5) is 0 Å². The van der Waals surface area contributed by atoms with E-state index in [-0.39, 0.29) is 19.1 Å². The number of ether oxygens (including phenoxy) is 1. The third kappa shape index (κ3) is 8.04. The molecule has 0 saturated carbocycles. The summed E-state index contributed by atoms with van der Waals surface area (Å²) in [5.41, 5.74) is 0. The maximum atomic E-state index is 10.7. The third-order valence-electron chi connectivity index (χ3n) is 1.48. The van der Waals surface area contributed by atoms with Crippen molar-refractivity contribution >= 4 is 5.97 Å². The number of likely N-dealkylation sites (N-methyl/N-ethyl adjacent to an activating group) is 1. The summed E-state index contributed by atoms with van der Waals surface area (Å²) in [5.74, 6) is -0.434. The zero-order valence-corrected chi connectivity index (χ0v) is 9.62. The molecule has 1 atom stereocenters. The molecule has 0 radical (unpaired) electrons. The Bertz CT molecular complexity index is 192.